The summed E-state index contributed by atoms with van der Waals surface area (Å²) in [6.45, 7) is 0. The van der Waals surface area contributed by atoms with Crippen LogP contribution in [0.3, 0.4) is 0 Å². The molecule has 3 aliphatic heterocycles. The summed E-state index contributed by atoms with van der Waals surface area (Å²) in [4.78, 5) is 17.1. The van der Waals surface area contributed by atoms with Gasteiger partial charge in [0.15, 0.2) is 0 Å². The lowest BCUT2D eigenvalue weighted by Gasteiger charge is -2.35. The number of rotatable bonds is 1. The number of anilines is 2. The molecule has 5 heteroatoms. The average Bonchev–Trinajstić information content (AvgIpc) is 2.87. The number of para-hydroxylation sites is 2. The number of fused-ring (bicyclic) bond motifs is 4. The molecule has 3 heterocycles. The van der Waals surface area contributed by atoms with Crippen LogP contribution in [0.15, 0.2) is 48.5 Å². The Morgan fingerprint density at radius 1 is 0.929 bits per heavy atom. The lowest BCUT2D eigenvalue weighted by Crippen LogP contribution is -3.15. The number of quaternary nitrogens is 1. The lowest BCUT2D eigenvalue weighted by molar-refractivity contribution is -0.922. The van der Waals surface area contributed by atoms with Gasteiger partial charge in [-0.15, -0.1) is 0 Å². The topological polar surface area (TPSA) is 36.8 Å². The van der Waals surface area contributed by atoms with Crippen LogP contribution in [0.2, 0.25) is 0 Å². The molecule has 2 N–H and O–H groups in total. The zero-order valence-electron chi connectivity index (χ0n) is 16.3. The first-order valence-electron chi connectivity index (χ1n) is 10.3. The number of hydrogen-bond donors (Lipinski definition) is 2. The summed E-state index contributed by atoms with van der Waals surface area (Å²) in [5.41, 5.74) is 4.55. The van der Waals surface area contributed by atoms with Crippen molar-refractivity contribution in [3.05, 3.63) is 59.7 Å². The molecule has 4 nitrogen and oxygen atoms in total. The van der Waals surface area contributed by atoms with E-state index in [1.54, 1.807) is 4.90 Å². The maximum atomic E-state index is 13.5. The van der Waals surface area contributed by atoms with Gasteiger partial charge in [-0.3, -0.25) is 4.90 Å². The molecule has 28 heavy (non-hydrogen) atoms. The van der Waals surface area contributed by atoms with Crippen LogP contribution in [0.1, 0.15) is 36.8 Å². The van der Waals surface area contributed by atoms with Crippen LogP contribution in [0.25, 0.3) is 0 Å². The van der Waals surface area contributed by atoms with E-state index in [-0.39, 0.29) is 18.4 Å². The van der Waals surface area contributed by atoms with Gasteiger partial charge in [-0.25, -0.2) is 4.79 Å². The van der Waals surface area contributed by atoms with Crippen molar-refractivity contribution < 1.29 is 22.1 Å². The van der Waals surface area contributed by atoms with Gasteiger partial charge in [0.2, 0.25) is 0 Å². The van der Waals surface area contributed by atoms with Crippen molar-refractivity contribution in [2.75, 3.05) is 11.9 Å². The number of benzene rings is 2. The van der Waals surface area contributed by atoms with Gasteiger partial charge >= 0.3 is 6.03 Å². The van der Waals surface area contributed by atoms with Crippen LogP contribution in [0.5, 0.6) is 0 Å². The van der Waals surface area contributed by atoms with Crippen molar-refractivity contribution in [1.29, 1.82) is 0 Å². The van der Waals surface area contributed by atoms with Crippen LogP contribution < -0.4 is 27.5 Å². The number of halogens is 1. The Morgan fingerprint density at radius 2 is 1.43 bits per heavy atom. The number of aryl methyl sites for hydroxylation is 2. The summed E-state index contributed by atoms with van der Waals surface area (Å²) in [6, 6.07) is 18.4. The SMILES string of the molecule is C[NH+]1C2CCC1CC(NC(=O)N1c3ccccc3CCc3ccccc31)C2.[Cl-]. The molecule has 0 aromatic heterocycles. The van der Waals surface area contributed by atoms with Gasteiger partial charge in [-0.2, -0.15) is 0 Å². The number of urea groups is 1. The fourth-order valence-electron chi connectivity index (χ4n) is 5.44. The second-order valence-electron chi connectivity index (χ2n) is 8.43. The first-order chi connectivity index (χ1) is 13.2. The Kier molecular flexibility index (Phi) is 5.35. The summed E-state index contributed by atoms with van der Waals surface area (Å²) < 4.78 is 0. The van der Waals surface area contributed by atoms with Crippen LogP contribution in [0, 0.1) is 0 Å². The smallest absolute Gasteiger partial charge is 0.326 e. The summed E-state index contributed by atoms with van der Waals surface area (Å²) >= 11 is 0. The maximum absolute atomic E-state index is 13.5. The van der Waals surface area contributed by atoms with Crippen molar-refractivity contribution >= 4 is 17.4 Å². The van der Waals surface area contributed by atoms with E-state index >= 15 is 0 Å². The number of carbonyl (C=O) groups is 1. The molecule has 0 spiro atoms. The minimum absolute atomic E-state index is 0. The molecule has 0 aliphatic carbocycles. The molecule has 0 saturated carbocycles. The van der Waals surface area contributed by atoms with Crippen molar-refractivity contribution in [3.8, 4) is 0 Å². The molecule has 2 bridgehead atoms. The molecular weight excluding hydrogens is 370 g/mol. The second kappa shape index (κ2) is 7.76. The Balaban J connectivity index is 0.00000192. The predicted octanol–water partition coefficient (Wildman–Crippen LogP) is -0.155. The van der Waals surface area contributed by atoms with E-state index in [0.29, 0.717) is 18.1 Å². The molecule has 2 saturated heterocycles. The van der Waals surface area contributed by atoms with Crippen molar-refractivity contribution in [2.24, 2.45) is 0 Å². The summed E-state index contributed by atoms with van der Waals surface area (Å²) in [5.74, 6) is 0. The molecular formula is C23H28ClN3O. The van der Waals surface area contributed by atoms with Gasteiger partial charge < -0.3 is 22.6 Å². The maximum Gasteiger partial charge on any atom is 0.326 e. The highest BCUT2D eigenvalue weighted by atomic mass is 35.5. The standard InChI is InChI=1S/C23H27N3O.ClH/c1-25-19-12-13-20(25)15-18(14-19)24-23(27)26-21-8-4-2-6-16(21)10-11-17-7-3-5-9-22(17)26;/h2-9,18-20H,10-15H2,1H3,(H,24,27);1H. The summed E-state index contributed by atoms with van der Waals surface area (Å²) in [7, 11) is 2.32. The number of nitrogens with zero attached hydrogens (tertiary/aromatic N) is 1. The predicted molar refractivity (Wildman–Crippen MR) is 108 cm³/mol. The highest BCUT2D eigenvalue weighted by Gasteiger charge is 2.43. The first kappa shape index (κ1) is 19.3. The normalized spacial score (nSPS) is 27.8. The molecule has 2 unspecified atom stereocenters. The number of carbonyl (C=O) groups excluding carboxylic acids is 1. The van der Waals surface area contributed by atoms with E-state index in [9.17, 15) is 4.79 Å². The largest absolute Gasteiger partial charge is 1.00 e. The summed E-state index contributed by atoms with van der Waals surface area (Å²) in [6.07, 6.45) is 6.75. The molecule has 2 aromatic rings. The van der Waals surface area contributed by atoms with E-state index < -0.39 is 0 Å². The summed E-state index contributed by atoms with van der Waals surface area (Å²) in [5, 5.41) is 3.39. The van der Waals surface area contributed by atoms with Crippen molar-refractivity contribution in [3.63, 3.8) is 0 Å². The highest BCUT2D eigenvalue weighted by molar-refractivity contribution is 6.01. The lowest BCUT2D eigenvalue weighted by atomic mass is 9.98. The zero-order chi connectivity index (χ0) is 18.4. The van der Waals surface area contributed by atoms with Crippen molar-refractivity contribution in [1.82, 2.24) is 5.32 Å². The third-order valence-corrected chi connectivity index (χ3v) is 6.95. The van der Waals surface area contributed by atoms with E-state index in [0.717, 1.165) is 37.1 Å². The Hall–Kier alpha value is -2.04. The van der Waals surface area contributed by atoms with Gasteiger partial charge in [-0.1, -0.05) is 36.4 Å². The van der Waals surface area contributed by atoms with Crippen LogP contribution >= 0.6 is 0 Å². The molecule has 2 atom stereocenters. The van der Waals surface area contributed by atoms with E-state index in [1.807, 2.05) is 17.0 Å². The van der Waals surface area contributed by atoms with Crippen LogP contribution in [-0.2, 0) is 12.8 Å². The van der Waals surface area contributed by atoms with Gasteiger partial charge in [0.1, 0.15) is 0 Å². The molecule has 3 aliphatic rings. The average molecular weight is 398 g/mol. The van der Waals surface area contributed by atoms with Gasteiger partial charge in [0.25, 0.3) is 0 Å². The molecule has 148 valence electrons. The minimum atomic E-state index is 0. The molecule has 0 radical (unpaired) electrons. The third-order valence-electron chi connectivity index (χ3n) is 6.95. The molecule has 5 rings (SSSR count). The Morgan fingerprint density at radius 3 is 1.96 bits per heavy atom. The number of nitrogens with one attached hydrogen (secondary N) is 2. The number of hydrogen-bond acceptors (Lipinski definition) is 1. The molecule has 2 amide bonds. The molecule has 2 fully saturated rings. The quantitative estimate of drug-likeness (QED) is 0.689. The van der Waals surface area contributed by atoms with Crippen LogP contribution in [-0.4, -0.2) is 31.2 Å². The van der Waals surface area contributed by atoms with E-state index in [1.165, 1.54) is 24.0 Å². The highest BCUT2D eigenvalue weighted by Crippen LogP contribution is 2.36. The van der Waals surface area contributed by atoms with Gasteiger partial charge in [0.05, 0.1) is 30.5 Å². The minimum Gasteiger partial charge on any atom is -1.00 e. The van der Waals surface area contributed by atoms with E-state index in [4.69, 9.17) is 0 Å². The Bertz CT molecular complexity index is 809. The fraction of sp³-hybridized carbons (Fsp3) is 0.435. The molecule has 2 aromatic carbocycles. The second-order valence-corrected chi connectivity index (χ2v) is 8.43. The zero-order valence-corrected chi connectivity index (χ0v) is 17.1. The third kappa shape index (κ3) is 3.29. The first-order valence-corrected chi connectivity index (χ1v) is 10.3. The van der Waals surface area contributed by atoms with E-state index in [2.05, 4.69) is 48.8 Å². The number of piperidine rings is 1. The van der Waals surface area contributed by atoms with Crippen LogP contribution in [0.4, 0.5) is 16.2 Å². The Labute approximate surface area is 173 Å². The van der Waals surface area contributed by atoms with Crippen molar-refractivity contribution in [2.45, 2.75) is 56.7 Å². The van der Waals surface area contributed by atoms with Gasteiger partial charge in [0, 0.05) is 31.7 Å². The van der Waals surface area contributed by atoms with Gasteiger partial charge in [-0.05, 0) is 36.1 Å². The fourth-order valence-corrected chi connectivity index (χ4v) is 5.44. The monoisotopic (exact) mass is 397 g/mol. The number of amides is 2.